The van der Waals surface area contributed by atoms with Crippen molar-refractivity contribution in [2.75, 3.05) is 13.2 Å². The first kappa shape index (κ1) is 19.1. The van der Waals surface area contributed by atoms with Crippen LogP contribution in [0.15, 0.2) is 48.5 Å². The number of carbonyl (C=O) groups excluding carboxylic acids is 1. The van der Waals surface area contributed by atoms with Crippen molar-refractivity contribution in [1.82, 2.24) is 4.90 Å². The molecule has 1 N–H and O–H groups in total. The lowest BCUT2D eigenvalue weighted by molar-refractivity contribution is -0.148. The average Bonchev–Trinajstić information content (AvgIpc) is 3.31. The van der Waals surface area contributed by atoms with Gasteiger partial charge in [-0.2, -0.15) is 0 Å². The monoisotopic (exact) mass is 389 g/mol. The minimum absolute atomic E-state index is 0.0522. The Hall–Kier alpha value is -3.26. The van der Waals surface area contributed by atoms with Gasteiger partial charge in [0.15, 0.2) is 5.54 Å². The van der Waals surface area contributed by atoms with Crippen molar-refractivity contribution in [2.24, 2.45) is 0 Å². The number of fused-ring (bicyclic) bond motifs is 3. The zero-order valence-electron chi connectivity index (χ0n) is 16.4. The molecule has 1 atom stereocenters. The third kappa shape index (κ3) is 3.15. The van der Waals surface area contributed by atoms with Crippen molar-refractivity contribution in [3.05, 3.63) is 59.7 Å². The van der Waals surface area contributed by atoms with Gasteiger partial charge in [-0.3, -0.25) is 4.90 Å². The molecule has 1 aliphatic heterocycles. The van der Waals surface area contributed by atoms with Crippen molar-refractivity contribution < 1.29 is 19.4 Å². The molecule has 0 saturated carbocycles. The lowest BCUT2D eigenvalue weighted by Crippen LogP contribution is -2.53. The number of hydrogen-bond acceptors (Lipinski definition) is 3. The summed E-state index contributed by atoms with van der Waals surface area (Å²) in [6.45, 7) is 2.22. The van der Waals surface area contributed by atoms with Gasteiger partial charge in [-0.05, 0) is 42.0 Å². The number of hydrogen-bond donors (Lipinski definition) is 1. The van der Waals surface area contributed by atoms with Gasteiger partial charge in [0.2, 0.25) is 0 Å². The molecule has 0 bridgehead atoms. The first-order chi connectivity index (χ1) is 14.1. The van der Waals surface area contributed by atoms with Crippen LogP contribution in [0, 0.1) is 11.8 Å². The summed E-state index contributed by atoms with van der Waals surface area (Å²) in [4.78, 5) is 26.3. The number of amides is 1. The first-order valence-corrected chi connectivity index (χ1v) is 9.84. The molecule has 2 aliphatic rings. The van der Waals surface area contributed by atoms with Gasteiger partial charge in [-0.15, -0.1) is 11.8 Å². The Balaban J connectivity index is 1.55. The van der Waals surface area contributed by atoms with E-state index in [-0.39, 0.29) is 18.9 Å². The van der Waals surface area contributed by atoms with Crippen molar-refractivity contribution in [3.8, 4) is 23.0 Å². The molecule has 2 aromatic rings. The summed E-state index contributed by atoms with van der Waals surface area (Å²) in [7, 11) is 0. The average molecular weight is 389 g/mol. The van der Waals surface area contributed by atoms with E-state index in [9.17, 15) is 14.7 Å². The van der Waals surface area contributed by atoms with E-state index in [4.69, 9.17) is 4.74 Å². The van der Waals surface area contributed by atoms with Crippen LogP contribution in [0.4, 0.5) is 4.79 Å². The number of carboxylic acid groups (broad SMARTS) is 1. The third-order valence-corrected chi connectivity index (χ3v) is 6.00. The van der Waals surface area contributed by atoms with Crippen LogP contribution in [-0.4, -0.2) is 40.8 Å². The zero-order chi connectivity index (χ0) is 20.4. The SMILES string of the molecule is CC#CC[C@]1(C(=O)O)CCCN1C(=O)OCC1c2ccccc2-c2ccccc21. The van der Waals surface area contributed by atoms with Gasteiger partial charge in [0.25, 0.3) is 0 Å². The maximum atomic E-state index is 12.9. The second-order valence-corrected chi connectivity index (χ2v) is 7.50. The van der Waals surface area contributed by atoms with E-state index in [0.29, 0.717) is 19.4 Å². The fourth-order valence-corrected chi connectivity index (χ4v) is 4.53. The Bertz CT molecular complexity index is 973. The Morgan fingerprint density at radius 1 is 1.14 bits per heavy atom. The summed E-state index contributed by atoms with van der Waals surface area (Å²) < 4.78 is 5.68. The van der Waals surface area contributed by atoms with Crippen molar-refractivity contribution in [1.29, 1.82) is 0 Å². The van der Waals surface area contributed by atoms with Gasteiger partial charge in [-0.25, -0.2) is 9.59 Å². The quantitative estimate of drug-likeness (QED) is 0.793. The smallest absolute Gasteiger partial charge is 0.410 e. The molecule has 1 heterocycles. The van der Waals surface area contributed by atoms with Crippen LogP contribution in [0.1, 0.15) is 43.2 Å². The predicted octanol–water partition coefficient (Wildman–Crippen LogP) is 4.27. The lowest BCUT2D eigenvalue weighted by atomic mass is 9.92. The highest BCUT2D eigenvalue weighted by atomic mass is 16.6. The van der Waals surface area contributed by atoms with Crippen molar-refractivity contribution >= 4 is 12.1 Å². The standard InChI is InChI=1S/C24H23NO4/c1-2-3-13-24(22(26)27)14-8-15-25(24)23(28)29-16-21-19-11-6-4-9-17(19)18-10-5-7-12-20(18)21/h4-7,9-12,21H,8,13-16H2,1H3,(H,26,27)/t24-/m1/s1. The lowest BCUT2D eigenvalue weighted by Gasteiger charge is -2.32. The molecule has 148 valence electrons. The van der Waals surface area contributed by atoms with Crippen LogP contribution < -0.4 is 0 Å². The molecule has 1 fully saturated rings. The van der Waals surface area contributed by atoms with Crippen LogP contribution in [0.25, 0.3) is 11.1 Å². The summed E-state index contributed by atoms with van der Waals surface area (Å²) in [5, 5.41) is 9.83. The fraction of sp³-hybridized carbons (Fsp3) is 0.333. The highest BCUT2D eigenvalue weighted by Crippen LogP contribution is 2.44. The predicted molar refractivity (Wildman–Crippen MR) is 109 cm³/mol. The number of nitrogens with zero attached hydrogens (tertiary/aromatic N) is 1. The number of carboxylic acids is 1. The Morgan fingerprint density at radius 3 is 2.34 bits per heavy atom. The number of likely N-dealkylation sites (tertiary alicyclic amines) is 1. The van der Waals surface area contributed by atoms with Crippen LogP contribution in [0.3, 0.4) is 0 Å². The van der Waals surface area contributed by atoms with Crippen LogP contribution >= 0.6 is 0 Å². The highest BCUT2D eigenvalue weighted by molar-refractivity contribution is 5.86. The van der Waals surface area contributed by atoms with E-state index in [1.54, 1.807) is 6.92 Å². The Labute approximate surface area is 170 Å². The Kier molecular flexibility index (Phi) is 5.02. The van der Waals surface area contributed by atoms with Gasteiger partial charge in [-0.1, -0.05) is 48.5 Å². The summed E-state index contributed by atoms with van der Waals surface area (Å²) in [6.07, 6.45) is 0.552. The van der Waals surface area contributed by atoms with E-state index < -0.39 is 17.6 Å². The Morgan fingerprint density at radius 2 is 1.76 bits per heavy atom. The number of benzene rings is 2. The molecule has 2 aromatic carbocycles. The van der Waals surface area contributed by atoms with Crippen LogP contribution in [0.2, 0.25) is 0 Å². The van der Waals surface area contributed by atoms with Gasteiger partial charge in [0.1, 0.15) is 6.61 Å². The van der Waals surface area contributed by atoms with E-state index in [1.807, 2.05) is 24.3 Å². The molecular formula is C24H23NO4. The molecule has 5 nitrogen and oxygen atoms in total. The summed E-state index contributed by atoms with van der Waals surface area (Å²) in [5.41, 5.74) is 3.27. The maximum Gasteiger partial charge on any atom is 0.410 e. The normalized spacial score (nSPS) is 19.8. The topological polar surface area (TPSA) is 66.8 Å². The second-order valence-electron chi connectivity index (χ2n) is 7.50. The molecule has 1 saturated heterocycles. The van der Waals surface area contributed by atoms with E-state index in [1.165, 1.54) is 4.90 Å². The molecule has 0 spiro atoms. The molecular weight excluding hydrogens is 366 g/mol. The van der Waals surface area contributed by atoms with Gasteiger partial charge in [0, 0.05) is 18.9 Å². The van der Waals surface area contributed by atoms with Crippen LogP contribution in [-0.2, 0) is 9.53 Å². The van der Waals surface area contributed by atoms with Gasteiger partial charge >= 0.3 is 12.1 Å². The van der Waals surface area contributed by atoms with Gasteiger partial charge in [0.05, 0.1) is 0 Å². The van der Waals surface area contributed by atoms with E-state index in [2.05, 4.69) is 36.1 Å². The molecule has 1 aliphatic carbocycles. The van der Waals surface area contributed by atoms with E-state index in [0.717, 1.165) is 22.3 Å². The number of carbonyl (C=O) groups is 2. The minimum Gasteiger partial charge on any atom is -0.479 e. The molecule has 5 heteroatoms. The van der Waals surface area contributed by atoms with Crippen molar-refractivity contribution in [2.45, 2.75) is 37.6 Å². The second kappa shape index (κ2) is 7.63. The fourth-order valence-electron chi connectivity index (χ4n) is 4.53. The summed E-state index contributed by atoms with van der Waals surface area (Å²) in [5.74, 6) is 4.51. The number of aliphatic carboxylic acids is 1. The molecule has 0 unspecified atom stereocenters. The maximum absolute atomic E-state index is 12.9. The molecule has 29 heavy (non-hydrogen) atoms. The summed E-state index contributed by atoms with van der Waals surface area (Å²) in [6, 6.07) is 16.3. The van der Waals surface area contributed by atoms with E-state index >= 15 is 0 Å². The van der Waals surface area contributed by atoms with Crippen molar-refractivity contribution in [3.63, 3.8) is 0 Å². The van der Waals surface area contributed by atoms with Crippen LogP contribution in [0.5, 0.6) is 0 Å². The molecule has 0 aromatic heterocycles. The molecule has 4 rings (SSSR count). The third-order valence-electron chi connectivity index (χ3n) is 6.00. The number of ether oxygens (including phenoxy) is 1. The van der Waals surface area contributed by atoms with Gasteiger partial charge < -0.3 is 9.84 Å². The molecule has 0 radical (unpaired) electrons. The summed E-state index contributed by atoms with van der Waals surface area (Å²) >= 11 is 0. The molecule has 1 amide bonds. The minimum atomic E-state index is -1.30. The number of rotatable bonds is 4. The first-order valence-electron chi connectivity index (χ1n) is 9.84. The highest BCUT2D eigenvalue weighted by Gasteiger charge is 2.50. The largest absolute Gasteiger partial charge is 0.479 e. The zero-order valence-corrected chi connectivity index (χ0v) is 16.4.